The van der Waals surface area contributed by atoms with Crippen molar-refractivity contribution in [2.24, 2.45) is 0 Å². The third-order valence-corrected chi connectivity index (χ3v) is 5.93. The third-order valence-electron chi connectivity index (χ3n) is 5.93. The summed E-state index contributed by atoms with van der Waals surface area (Å²) in [5, 5.41) is 23.9. The molecule has 8 nitrogen and oxygen atoms in total. The Morgan fingerprint density at radius 1 is 1.25 bits per heavy atom. The van der Waals surface area contributed by atoms with E-state index in [-0.39, 0.29) is 22.9 Å². The van der Waals surface area contributed by atoms with E-state index < -0.39 is 5.82 Å². The first-order valence-electron chi connectivity index (χ1n) is 10.2. The lowest BCUT2D eigenvalue weighted by atomic mass is 10.00. The molecule has 0 bridgehead atoms. The molecule has 1 amide bonds. The van der Waals surface area contributed by atoms with Gasteiger partial charge in [-0.25, -0.2) is 9.37 Å². The SMILES string of the molecule is Cc1c(-c2cnn(-c3ccc(C(=O)N4CC[C@H](N(C)C)C4)cn3)c2O)ccc(C#N)c1F. The largest absolute Gasteiger partial charge is 0.493 e. The van der Waals surface area contributed by atoms with Crippen LogP contribution in [0.5, 0.6) is 5.88 Å². The summed E-state index contributed by atoms with van der Waals surface area (Å²) in [5.74, 6) is -0.596. The monoisotopic (exact) mass is 434 g/mol. The van der Waals surface area contributed by atoms with E-state index in [4.69, 9.17) is 5.26 Å². The van der Waals surface area contributed by atoms with E-state index >= 15 is 0 Å². The minimum absolute atomic E-state index is 0.0602. The van der Waals surface area contributed by atoms with Crippen molar-refractivity contribution in [3.05, 3.63) is 59.2 Å². The maximum Gasteiger partial charge on any atom is 0.255 e. The number of aromatic hydroxyl groups is 1. The lowest BCUT2D eigenvalue weighted by molar-refractivity contribution is 0.0782. The molecule has 164 valence electrons. The minimum Gasteiger partial charge on any atom is -0.493 e. The smallest absolute Gasteiger partial charge is 0.255 e. The van der Waals surface area contributed by atoms with Crippen LogP contribution in [0.25, 0.3) is 16.9 Å². The lowest BCUT2D eigenvalue weighted by Gasteiger charge is -2.20. The number of likely N-dealkylation sites (N-methyl/N-ethyl adjacent to an activating group) is 1. The Hall–Kier alpha value is -3.77. The highest BCUT2D eigenvalue weighted by Gasteiger charge is 2.28. The molecule has 4 rings (SSSR count). The van der Waals surface area contributed by atoms with E-state index in [0.29, 0.717) is 41.6 Å². The average Bonchev–Trinajstić information content (AvgIpc) is 3.43. The molecule has 1 fully saturated rings. The molecule has 1 aromatic carbocycles. The molecule has 0 saturated carbocycles. The Bertz CT molecular complexity index is 1210. The number of halogens is 1. The number of pyridine rings is 1. The molecule has 0 unspecified atom stereocenters. The Morgan fingerprint density at radius 3 is 2.66 bits per heavy atom. The fourth-order valence-electron chi connectivity index (χ4n) is 3.93. The van der Waals surface area contributed by atoms with Gasteiger partial charge in [0, 0.05) is 25.3 Å². The van der Waals surface area contributed by atoms with Gasteiger partial charge in [0.2, 0.25) is 5.88 Å². The first-order valence-corrected chi connectivity index (χ1v) is 10.2. The molecule has 0 radical (unpaired) electrons. The summed E-state index contributed by atoms with van der Waals surface area (Å²) in [4.78, 5) is 21.0. The van der Waals surface area contributed by atoms with Crippen LogP contribution in [0.2, 0.25) is 0 Å². The molecular formula is C23H23FN6O2. The molecular weight excluding hydrogens is 411 g/mol. The van der Waals surface area contributed by atoms with Gasteiger partial charge in [-0.15, -0.1) is 0 Å². The molecule has 1 aliphatic rings. The minimum atomic E-state index is -0.628. The third kappa shape index (κ3) is 3.69. The zero-order valence-electron chi connectivity index (χ0n) is 18.1. The van der Waals surface area contributed by atoms with Gasteiger partial charge in [-0.3, -0.25) is 4.79 Å². The van der Waals surface area contributed by atoms with E-state index in [0.717, 1.165) is 6.42 Å². The number of hydrogen-bond donors (Lipinski definition) is 1. The number of benzene rings is 1. The summed E-state index contributed by atoms with van der Waals surface area (Å²) in [5.41, 5.74) is 1.40. The number of aromatic nitrogens is 3. The topological polar surface area (TPSA) is 98.3 Å². The van der Waals surface area contributed by atoms with Gasteiger partial charge in [0.1, 0.15) is 11.9 Å². The summed E-state index contributed by atoms with van der Waals surface area (Å²) in [6.07, 6.45) is 3.81. The lowest BCUT2D eigenvalue weighted by Crippen LogP contribution is -2.34. The first kappa shape index (κ1) is 21.5. The summed E-state index contributed by atoms with van der Waals surface area (Å²) in [6, 6.07) is 8.35. The highest BCUT2D eigenvalue weighted by Crippen LogP contribution is 2.34. The zero-order valence-corrected chi connectivity index (χ0v) is 18.1. The Morgan fingerprint density at radius 2 is 2.03 bits per heavy atom. The molecule has 32 heavy (non-hydrogen) atoms. The number of carbonyl (C=O) groups is 1. The van der Waals surface area contributed by atoms with Crippen LogP contribution in [0.3, 0.4) is 0 Å². The number of carbonyl (C=O) groups excluding carboxylic acids is 1. The fraction of sp³-hybridized carbons (Fsp3) is 0.304. The average molecular weight is 434 g/mol. The van der Waals surface area contributed by atoms with Crippen molar-refractivity contribution in [2.45, 2.75) is 19.4 Å². The summed E-state index contributed by atoms with van der Waals surface area (Å²) >= 11 is 0. The number of amides is 1. The number of rotatable bonds is 4. The van der Waals surface area contributed by atoms with Crippen LogP contribution < -0.4 is 0 Å². The quantitative estimate of drug-likeness (QED) is 0.678. The van der Waals surface area contributed by atoms with Crippen molar-refractivity contribution in [1.29, 1.82) is 5.26 Å². The maximum absolute atomic E-state index is 14.3. The van der Waals surface area contributed by atoms with Gasteiger partial charge < -0.3 is 14.9 Å². The van der Waals surface area contributed by atoms with Gasteiger partial charge in [-0.1, -0.05) is 6.07 Å². The molecule has 0 spiro atoms. The van der Waals surface area contributed by atoms with Crippen LogP contribution in [0, 0.1) is 24.1 Å². The molecule has 1 aliphatic heterocycles. The summed E-state index contributed by atoms with van der Waals surface area (Å²) in [7, 11) is 4.02. The molecule has 1 saturated heterocycles. The Labute approximate surface area is 185 Å². The van der Waals surface area contributed by atoms with Crippen LogP contribution >= 0.6 is 0 Å². The second-order valence-corrected chi connectivity index (χ2v) is 8.07. The van der Waals surface area contributed by atoms with Gasteiger partial charge in [0.15, 0.2) is 5.82 Å². The van der Waals surface area contributed by atoms with Crippen molar-refractivity contribution >= 4 is 5.91 Å². The second-order valence-electron chi connectivity index (χ2n) is 8.07. The van der Waals surface area contributed by atoms with Crippen molar-refractivity contribution in [2.75, 3.05) is 27.2 Å². The molecule has 9 heteroatoms. The normalized spacial score (nSPS) is 15.9. The number of hydrogen-bond acceptors (Lipinski definition) is 6. The fourth-order valence-corrected chi connectivity index (χ4v) is 3.93. The van der Waals surface area contributed by atoms with Crippen LogP contribution in [0.1, 0.15) is 27.9 Å². The van der Waals surface area contributed by atoms with Crippen molar-refractivity contribution in [1.82, 2.24) is 24.6 Å². The Kier molecular flexibility index (Phi) is 5.63. The van der Waals surface area contributed by atoms with Crippen LogP contribution in [-0.4, -0.2) is 68.8 Å². The predicted molar refractivity (Wildman–Crippen MR) is 116 cm³/mol. The predicted octanol–water partition coefficient (Wildman–Crippen LogP) is 2.74. The van der Waals surface area contributed by atoms with E-state index in [9.17, 15) is 14.3 Å². The maximum atomic E-state index is 14.3. The van der Waals surface area contributed by atoms with E-state index in [2.05, 4.69) is 15.0 Å². The second kappa shape index (κ2) is 8.40. The first-order chi connectivity index (χ1) is 15.3. The zero-order chi connectivity index (χ0) is 23.0. The molecule has 3 heterocycles. The van der Waals surface area contributed by atoms with Gasteiger partial charge in [-0.05, 0) is 56.8 Å². The van der Waals surface area contributed by atoms with E-state index in [1.165, 1.54) is 23.1 Å². The molecule has 1 atom stereocenters. The van der Waals surface area contributed by atoms with Crippen LogP contribution in [-0.2, 0) is 0 Å². The summed E-state index contributed by atoms with van der Waals surface area (Å²) in [6.45, 7) is 2.92. The Balaban J connectivity index is 1.58. The van der Waals surface area contributed by atoms with E-state index in [1.807, 2.05) is 19.0 Å². The number of likely N-dealkylation sites (tertiary alicyclic amines) is 1. The van der Waals surface area contributed by atoms with Gasteiger partial charge in [-0.2, -0.15) is 15.0 Å². The van der Waals surface area contributed by atoms with Gasteiger partial charge in [0.25, 0.3) is 5.91 Å². The molecule has 3 aromatic rings. The van der Waals surface area contributed by atoms with Gasteiger partial charge >= 0.3 is 0 Å². The van der Waals surface area contributed by atoms with Crippen LogP contribution in [0.4, 0.5) is 4.39 Å². The van der Waals surface area contributed by atoms with Crippen LogP contribution in [0.15, 0.2) is 36.7 Å². The highest BCUT2D eigenvalue weighted by atomic mass is 19.1. The van der Waals surface area contributed by atoms with Crippen molar-refractivity contribution in [3.8, 4) is 28.9 Å². The van der Waals surface area contributed by atoms with Crippen molar-refractivity contribution < 1.29 is 14.3 Å². The summed E-state index contributed by atoms with van der Waals surface area (Å²) < 4.78 is 15.6. The standard InChI is InChI=1S/C23H23FN6O2/c1-14-18(6-4-15(10-25)21(14)24)19-12-27-30(23(19)32)20-7-5-16(11-26-20)22(31)29-9-8-17(13-29)28(2)3/h4-7,11-12,17,32H,8-9,13H2,1-3H3/t17-/m0/s1. The van der Waals surface area contributed by atoms with Gasteiger partial charge in [0.05, 0.1) is 22.9 Å². The van der Waals surface area contributed by atoms with E-state index in [1.54, 1.807) is 31.2 Å². The van der Waals surface area contributed by atoms with Crippen molar-refractivity contribution in [3.63, 3.8) is 0 Å². The number of nitriles is 1. The highest BCUT2D eigenvalue weighted by molar-refractivity contribution is 5.94. The molecule has 0 aliphatic carbocycles. The molecule has 1 N–H and O–H groups in total. The molecule has 2 aromatic heterocycles. The number of nitrogens with zero attached hydrogens (tertiary/aromatic N) is 6.